The fourth-order valence-electron chi connectivity index (χ4n) is 3.27. The van der Waals surface area contributed by atoms with E-state index in [0.717, 1.165) is 16.7 Å². The highest BCUT2D eigenvalue weighted by atomic mass is 35.5. The monoisotopic (exact) mass is 542 g/mol. The molecule has 1 fully saturated rings. The predicted molar refractivity (Wildman–Crippen MR) is 149 cm³/mol. The van der Waals surface area contributed by atoms with Crippen molar-refractivity contribution in [3.05, 3.63) is 92.3 Å². The summed E-state index contributed by atoms with van der Waals surface area (Å²) in [5.74, 6) is -0.0352. The van der Waals surface area contributed by atoms with Crippen LogP contribution in [-0.2, 0) is 9.59 Å². The van der Waals surface area contributed by atoms with Gasteiger partial charge in [0.2, 0.25) is 0 Å². The van der Waals surface area contributed by atoms with Crippen LogP contribution in [0.3, 0.4) is 0 Å². The summed E-state index contributed by atoms with van der Waals surface area (Å²) >= 11 is 19.0. The van der Waals surface area contributed by atoms with Gasteiger partial charge in [-0.1, -0.05) is 71.4 Å². The Bertz CT molecular complexity index is 1370. The molecule has 1 aliphatic heterocycles. The largest absolute Gasteiger partial charge is 0.484 e. The van der Waals surface area contributed by atoms with Crippen molar-refractivity contribution in [2.45, 2.75) is 13.8 Å². The molecule has 0 saturated carbocycles. The summed E-state index contributed by atoms with van der Waals surface area (Å²) in [6.45, 7) is 3.61. The number of thiocarbonyl (C=S) groups is 1. The Balaban J connectivity index is 1.43. The SMILES string of the molecule is Cc1ccc(NC(=O)COc2cccc(/C=C3\SC(=S)N(c4ccc(C)c(Cl)c4)C3=O)c2)cc1Cl. The van der Waals surface area contributed by atoms with E-state index in [9.17, 15) is 9.59 Å². The number of ether oxygens (including phenoxy) is 1. The zero-order valence-electron chi connectivity index (χ0n) is 18.8. The second kappa shape index (κ2) is 10.8. The molecule has 0 unspecified atom stereocenters. The van der Waals surface area contributed by atoms with Crippen molar-refractivity contribution in [1.82, 2.24) is 0 Å². The van der Waals surface area contributed by atoms with Crippen molar-refractivity contribution >= 4 is 80.8 Å². The van der Waals surface area contributed by atoms with Gasteiger partial charge in [0.1, 0.15) is 5.75 Å². The van der Waals surface area contributed by atoms with Gasteiger partial charge in [0.15, 0.2) is 10.9 Å². The summed E-state index contributed by atoms with van der Waals surface area (Å²) in [5.41, 5.74) is 3.82. The van der Waals surface area contributed by atoms with E-state index in [1.807, 2.05) is 38.1 Å². The molecule has 0 aromatic heterocycles. The highest BCUT2D eigenvalue weighted by Gasteiger charge is 2.33. The Hall–Kier alpha value is -2.84. The summed E-state index contributed by atoms with van der Waals surface area (Å²) in [4.78, 5) is 27.3. The van der Waals surface area contributed by atoms with Crippen LogP contribution in [-0.4, -0.2) is 22.7 Å². The number of nitrogens with zero attached hydrogens (tertiary/aromatic N) is 1. The average Bonchev–Trinajstić information content (AvgIpc) is 3.09. The number of nitrogens with one attached hydrogen (secondary N) is 1. The molecule has 178 valence electrons. The van der Waals surface area contributed by atoms with Gasteiger partial charge in [0.05, 0.1) is 10.6 Å². The first kappa shape index (κ1) is 25.3. The lowest BCUT2D eigenvalue weighted by Crippen LogP contribution is -2.27. The van der Waals surface area contributed by atoms with Crippen LogP contribution in [0.15, 0.2) is 65.6 Å². The topological polar surface area (TPSA) is 58.6 Å². The first-order chi connectivity index (χ1) is 16.7. The lowest BCUT2D eigenvalue weighted by atomic mass is 10.2. The van der Waals surface area contributed by atoms with Crippen molar-refractivity contribution in [3.8, 4) is 5.75 Å². The van der Waals surface area contributed by atoms with Crippen molar-refractivity contribution in [2.24, 2.45) is 0 Å². The second-order valence-electron chi connectivity index (χ2n) is 7.82. The molecule has 2 amide bonds. The number of hydrogen-bond donors (Lipinski definition) is 1. The Morgan fingerprint density at radius 1 is 1.06 bits per heavy atom. The van der Waals surface area contributed by atoms with Crippen molar-refractivity contribution in [2.75, 3.05) is 16.8 Å². The van der Waals surface area contributed by atoms with Crippen LogP contribution in [0.25, 0.3) is 6.08 Å². The molecule has 5 nitrogen and oxygen atoms in total. The van der Waals surface area contributed by atoms with E-state index in [1.165, 1.54) is 16.7 Å². The van der Waals surface area contributed by atoms with E-state index < -0.39 is 0 Å². The molecular weight excluding hydrogens is 523 g/mol. The van der Waals surface area contributed by atoms with Gasteiger partial charge in [-0.3, -0.25) is 14.5 Å². The van der Waals surface area contributed by atoms with E-state index >= 15 is 0 Å². The Morgan fingerprint density at radius 2 is 1.77 bits per heavy atom. The number of anilines is 2. The fourth-order valence-corrected chi connectivity index (χ4v) is 4.93. The summed E-state index contributed by atoms with van der Waals surface area (Å²) in [5, 5.41) is 3.90. The van der Waals surface area contributed by atoms with Crippen LogP contribution >= 0.6 is 47.2 Å². The van der Waals surface area contributed by atoms with E-state index in [4.69, 9.17) is 40.2 Å². The number of hydrogen-bond acceptors (Lipinski definition) is 5. The molecule has 1 N–H and O–H groups in total. The van der Waals surface area contributed by atoms with Crippen LogP contribution in [0, 0.1) is 13.8 Å². The Morgan fingerprint density at radius 3 is 2.49 bits per heavy atom. The van der Waals surface area contributed by atoms with Crippen LogP contribution in [0.2, 0.25) is 10.0 Å². The number of thioether (sulfide) groups is 1. The molecule has 0 aliphatic carbocycles. The highest BCUT2D eigenvalue weighted by molar-refractivity contribution is 8.27. The molecule has 1 saturated heterocycles. The molecule has 35 heavy (non-hydrogen) atoms. The Kier molecular flexibility index (Phi) is 7.82. The Labute approximate surface area is 223 Å². The standard InChI is InChI=1S/C26H20Cl2N2O3S2/c1-15-6-8-18(12-21(15)27)29-24(31)14-33-20-5-3-4-17(10-20)11-23-25(32)30(26(34)35-23)19-9-7-16(2)22(28)13-19/h3-13H,14H2,1-2H3,(H,29,31)/b23-11-. The van der Waals surface area contributed by atoms with Gasteiger partial charge >= 0.3 is 0 Å². The molecule has 3 aromatic rings. The maximum absolute atomic E-state index is 13.0. The smallest absolute Gasteiger partial charge is 0.270 e. The van der Waals surface area contributed by atoms with E-state index in [1.54, 1.807) is 42.5 Å². The van der Waals surface area contributed by atoms with Crippen molar-refractivity contribution < 1.29 is 14.3 Å². The zero-order chi connectivity index (χ0) is 25.1. The summed E-state index contributed by atoms with van der Waals surface area (Å²) < 4.78 is 6.08. The minimum absolute atomic E-state index is 0.175. The maximum Gasteiger partial charge on any atom is 0.270 e. The first-order valence-corrected chi connectivity index (χ1v) is 12.5. The van der Waals surface area contributed by atoms with E-state index in [2.05, 4.69) is 5.32 Å². The van der Waals surface area contributed by atoms with Gasteiger partial charge < -0.3 is 10.1 Å². The van der Waals surface area contributed by atoms with Crippen LogP contribution in [0.5, 0.6) is 5.75 Å². The molecule has 1 heterocycles. The number of rotatable bonds is 6. The van der Waals surface area contributed by atoms with Crippen LogP contribution in [0.4, 0.5) is 11.4 Å². The summed E-state index contributed by atoms with van der Waals surface area (Å²) in [6, 6.07) is 17.8. The number of aryl methyl sites for hydroxylation is 2. The van der Waals surface area contributed by atoms with Gasteiger partial charge in [-0.25, -0.2) is 0 Å². The number of benzene rings is 3. The van der Waals surface area contributed by atoms with Crippen molar-refractivity contribution in [1.29, 1.82) is 0 Å². The highest BCUT2D eigenvalue weighted by Crippen LogP contribution is 2.37. The molecule has 0 spiro atoms. The average molecular weight is 543 g/mol. The van der Waals surface area contributed by atoms with Gasteiger partial charge in [-0.15, -0.1) is 0 Å². The first-order valence-electron chi connectivity index (χ1n) is 10.5. The van der Waals surface area contributed by atoms with E-state index in [-0.39, 0.29) is 18.4 Å². The second-order valence-corrected chi connectivity index (χ2v) is 10.3. The summed E-state index contributed by atoms with van der Waals surface area (Å²) in [6.07, 6.45) is 1.75. The molecule has 0 atom stereocenters. The zero-order valence-corrected chi connectivity index (χ0v) is 21.9. The van der Waals surface area contributed by atoms with Crippen LogP contribution < -0.4 is 15.0 Å². The molecule has 9 heteroatoms. The quantitative estimate of drug-likeness (QED) is 0.267. The minimum Gasteiger partial charge on any atom is -0.484 e. The molecule has 1 aliphatic rings. The third kappa shape index (κ3) is 6.05. The summed E-state index contributed by atoms with van der Waals surface area (Å²) in [7, 11) is 0. The number of carbonyl (C=O) groups excluding carboxylic acids is 2. The normalized spacial score (nSPS) is 14.5. The molecular formula is C26H20Cl2N2O3S2. The predicted octanol–water partition coefficient (Wildman–Crippen LogP) is 7.03. The van der Waals surface area contributed by atoms with Gasteiger partial charge in [-0.2, -0.15) is 0 Å². The van der Waals surface area contributed by atoms with Crippen molar-refractivity contribution in [3.63, 3.8) is 0 Å². The number of amides is 2. The minimum atomic E-state index is -0.312. The maximum atomic E-state index is 13.0. The molecule has 0 bridgehead atoms. The van der Waals surface area contributed by atoms with Gasteiger partial charge in [0, 0.05) is 15.7 Å². The van der Waals surface area contributed by atoms with Gasteiger partial charge in [-0.05, 0) is 73.0 Å². The molecule has 3 aromatic carbocycles. The lowest BCUT2D eigenvalue weighted by molar-refractivity contribution is -0.118. The van der Waals surface area contributed by atoms with Crippen LogP contribution in [0.1, 0.15) is 16.7 Å². The van der Waals surface area contributed by atoms with E-state index in [0.29, 0.717) is 36.4 Å². The molecule has 4 rings (SSSR count). The number of carbonyl (C=O) groups is 2. The fraction of sp³-hybridized carbons (Fsp3) is 0.115. The lowest BCUT2D eigenvalue weighted by Gasteiger charge is -2.15. The van der Waals surface area contributed by atoms with Gasteiger partial charge in [0.25, 0.3) is 11.8 Å². The molecule has 0 radical (unpaired) electrons. The third-order valence-electron chi connectivity index (χ3n) is 5.19. The number of halogens is 2. The third-order valence-corrected chi connectivity index (χ3v) is 7.31.